The predicted molar refractivity (Wildman–Crippen MR) is 112 cm³/mol. The first-order chi connectivity index (χ1) is 13.2. The molecule has 2 aromatic rings. The molecule has 1 aromatic carbocycles. The van der Waals surface area contributed by atoms with Crippen molar-refractivity contribution in [1.82, 2.24) is 10.2 Å². The van der Waals surface area contributed by atoms with Gasteiger partial charge in [-0.2, -0.15) is 0 Å². The van der Waals surface area contributed by atoms with Gasteiger partial charge in [0.2, 0.25) is 5.91 Å². The van der Waals surface area contributed by atoms with Crippen molar-refractivity contribution in [2.45, 2.75) is 0 Å². The molecule has 0 spiro atoms. The average Bonchev–Trinajstić information content (AvgIpc) is 3.24. The molecule has 1 aliphatic rings. The number of aliphatic imine (C=N–C) groups is 1. The molecule has 140 valence electrons. The van der Waals surface area contributed by atoms with Gasteiger partial charge in [0, 0.05) is 44.5 Å². The standard InChI is InChI=1S/C20H23N5OS/c1-3-16-6-4-7-17(14-16)23-18(26)15-22-20(21-2)25-11-9-24(10-12-25)19-8-5-13-27-19/h1,4-8,13-14H,9-12,15H2,2H3,(H,21,22)(H,23,26). The molecule has 0 saturated carbocycles. The predicted octanol–water partition coefficient (Wildman–Crippen LogP) is 2.07. The fourth-order valence-electron chi connectivity index (χ4n) is 2.97. The van der Waals surface area contributed by atoms with Crippen LogP contribution in [0.25, 0.3) is 0 Å². The van der Waals surface area contributed by atoms with E-state index in [0.717, 1.165) is 37.7 Å². The van der Waals surface area contributed by atoms with Gasteiger partial charge in [-0.25, -0.2) is 0 Å². The number of rotatable bonds is 4. The maximum atomic E-state index is 12.2. The Bertz CT molecular complexity index is 832. The highest BCUT2D eigenvalue weighted by Crippen LogP contribution is 2.22. The van der Waals surface area contributed by atoms with Gasteiger partial charge in [-0.1, -0.05) is 12.0 Å². The van der Waals surface area contributed by atoms with Gasteiger partial charge in [0.15, 0.2) is 5.96 Å². The van der Waals surface area contributed by atoms with Crippen LogP contribution in [0.3, 0.4) is 0 Å². The van der Waals surface area contributed by atoms with Crippen molar-refractivity contribution in [2.75, 3.05) is 50.0 Å². The zero-order valence-electron chi connectivity index (χ0n) is 15.3. The first-order valence-electron chi connectivity index (χ1n) is 8.80. The molecule has 1 saturated heterocycles. The normalized spacial score (nSPS) is 14.6. The summed E-state index contributed by atoms with van der Waals surface area (Å²) in [5, 5.41) is 9.39. The van der Waals surface area contributed by atoms with E-state index in [4.69, 9.17) is 6.42 Å². The number of guanidine groups is 1. The Morgan fingerprint density at radius 3 is 2.74 bits per heavy atom. The number of nitrogens with one attached hydrogen (secondary N) is 2. The number of terminal acetylenes is 1. The van der Waals surface area contributed by atoms with E-state index in [9.17, 15) is 4.79 Å². The monoisotopic (exact) mass is 381 g/mol. The fraction of sp³-hybridized carbons (Fsp3) is 0.300. The minimum atomic E-state index is -0.137. The summed E-state index contributed by atoms with van der Waals surface area (Å²) in [6.45, 7) is 3.75. The Labute approximate surface area is 163 Å². The molecule has 1 fully saturated rings. The number of hydrogen-bond donors (Lipinski definition) is 2. The van der Waals surface area contributed by atoms with E-state index < -0.39 is 0 Å². The summed E-state index contributed by atoms with van der Waals surface area (Å²) in [6.07, 6.45) is 5.39. The lowest BCUT2D eigenvalue weighted by molar-refractivity contribution is -0.115. The van der Waals surface area contributed by atoms with E-state index in [1.165, 1.54) is 5.00 Å². The summed E-state index contributed by atoms with van der Waals surface area (Å²) in [5.41, 5.74) is 1.43. The molecule has 3 rings (SSSR count). The smallest absolute Gasteiger partial charge is 0.243 e. The number of anilines is 2. The van der Waals surface area contributed by atoms with E-state index >= 15 is 0 Å². The molecule has 0 bridgehead atoms. The van der Waals surface area contributed by atoms with Gasteiger partial charge in [-0.15, -0.1) is 17.8 Å². The van der Waals surface area contributed by atoms with Crippen LogP contribution >= 0.6 is 11.3 Å². The SMILES string of the molecule is C#Cc1cccc(NC(=O)CNC(=NC)N2CCN(c3cccs3)CC2)c1. The highest BCUT2D eigenvalue weighted by atomic mass is 32.1. The van der Waals surface area contributed by atoms with Crippen LogP contribution in [0, 0.1) is 12.3 Å². The Morgan fingerprint density at radius 2 is 2.07 bits per heavy atom. The van der Waals surface area contributed by atoms with Gasteiger partial charge in [0.05, 0.1) is 11.5 Å². The second kappa shape index (κ2) is 9.10. The summed E-state index contributed by atoms with van der Waals surface area (Å²) in [6, 6.07) is 11.5. The number of benzene rings is 1. The molecule has 7 heteroatoms. The number of carbonyl (C=O) groups is 1. The van der Waals surface area contributed by atoms with Crippen molar-refractivity contribution in [2.24, 2.45) is 4.99 Å². The molecule has 6 nitrogen and oxygen atoms in total. The molecule has 1 aromatic heterocycles. The van der Waals surface area contributed by atoms with E-state index in [1.54, 1.807) is 24.5 Å². The first-order valence-corrected chi connectivity index (χ1v) is 9.68. The molecular weight excluding hydrogens is 358 g/mol. The zero-order chi connectivity index (χ0) is 19.1. The third-order valence-corrected chi connectivity index (χ3v) is 5.26. The van der Waals surface area contributed by atoms with E-state index in [2.05, 4.69) is 48.9 Å². The number of piperazine rings is 1. The van der Waals surface area contributed by atoms with Gasteiger partial charge in [0.1, 0.15) is 0 Å². The van der Waals surface area contributed by atoms with Crippen LogP contribution < -0.4 is 15.5 Å². The van der Waals surface area contributed by atoms with Crippen LogP contribution in [-0.2, 0) is 4.79 Å². The van der Waals surface area contributed by atoms with Crippen LogP contribution in [0.2, 0.25) is 0 Å². The Kier molecular flexibility index (Phi) is 6.34. The van der Waals surface area contributed by atoms with Crippen molar-refractivity contribution < 1.29 is 4.79 Å². The molecule has 0 atom stereocenters. The molecule has 1 aliphatic heterocycles. The number of amides is 1. The second-order valence-corrected chi connectivity index (χ2v) is 7.03. The van der Waals surface area contributed by atoms with Crippen molar-refractivity contribution in [3.63, 3.8) is 0 Å². The highest BCUT2D eigenvalue weighted by Gasteiger charge is 2.20. The molecule has 1 amide bonds. The number of nitrogens with zero attached hydrogens (tertiary/aromatic N) is 3. The maximum absolute atomic E-state index is 12.2. The summed E-state index contributed by atoms with van der Waals surface area (Å²) < 4.78 is 0. The van der Waals surface area contributed by atoms with Crippen molar-refractivity contribution in [1.29, 1.82) is 0 Å². The Hall–Kier alpha value is -2.98. The lowest BCUT2D eigenvalue weighted by atomic mass is 10.2. The second-order valence-electron chi connectivity index (χ2n) is 6.10. The Morgan fingerprint density at radius 1 is 1.26 bits per heavy atom. The molecule has 27 heavy (non-hydrogen) atoms. The summed E-state index contributed by atoms with van der Waals surface area (Å²) >= 11 is 1.76. The van der Waals surface area contributed by atoms with Gasteiger partial charge < -0.3 is 20.4 Å². The third-order valence-electron chi connectivity index (χ3n) is 4.33. The lowest BCUT2D eigenvalue weighted by Gasteiger charge is -2.36. The summed E-state index contributed by atoms with van der Waals surface area (Å²) in [7, 11) is 1.74. The molecule has 0 unspecified atom stereocenters. The quantitative estimate of drug-likeness (QED) is 0.484. The minimum Gasteiger partial charge on any atom is -0.360 e. The van der Waals surface area contributed by atoms with Crippen LogP contribution in [0.4, 0.5) is 10.7 Å². The van der Waals surface area contributed by atoms with Crippen LogP contribution in [0.15, 0.2) is 46.8 Å². The van der Waals surface area contributed by atoms with E-state index in [0.29, 0.717) is 5.69 Å². The topological polar surface area (TPSA) is 60.0 Å². The van der Waals surface area contributed by atoms with Crippen molar-refractivity contribution in [3.05, 3.63) is 47.3 Å². The first kappa shape index (κ1) is 18.8. The third kappa shape index (κ3) is 5.02. The Balaban J connectivity index is 1.48. The van der Waals surface area contributed by atoms with Crippen LogP contribution in [0.1, 0.15) is 5.56 Å². The van der Waals surface area contributed by atoms with Gasteiger partial charge in [-0.3, -0.25) is 9.79 Å². The molecule has 2 N–H and O–H groups in total. The molecule has 0 aliphatic carbocycles. The summed E-state index contributed by atoms with van der Waals surface area (Å²) in [5.74, 6) is 3.17. The summed E-state index contributed by atoms with van der Waals surface area (Å²) in [4.78, 5) is 21.1. The lowest BCUT2D eigenvalue weighted by Crippen LogP contribution is -2.53. The number of thiophene rings is 1. The van der Waals surface area contributed by atoms with Gasteiger partial charge in [-0.05, 0) is 35.7 Å². The largest absolute Gasteiger partial charge is 0.360 e. The van der Waals surface area contributed by atoms with Gasteiger partial charge in [0.25, 0.3) is 0 Å². The minimum absolute atomic E-state index is 0.137. The van der Waals surface area contributed by atoms with Crippen LogP contribution in [-0.4, -0.2) is 56.5 Å². The number of carbonyl (C=O) groups excluding carboxylic acids is 1. The van der Waals surface area contributed by atoms with E-state index in [-0.39, 0.29) is 12.5 Å². The van der Waals surface area contributed by atoms with Crippen LogP contribution in [0.5, 0.6) is 0 Å². The average molecular weight is 382 g/mol. The van der Waals surface area contributed by atoms with Crippen molar-refractivity contribution >= 4 is 33.9 Å². The number of hydrogen-bond acceptors (Lipinski definition) is 4. The highest BCUT2D eigenvalue weighted by molar-refractivity contribution is 7.14. The zero-order valence-corrected chi connectivity index (χ0v) is 16.1. The fourth-order valence-corrected chi connectivity index (χ4v) is 3.76. The maximum Gasteiger partial charge on any atom is 0.243 e. The van der Waals surface area contributed by atoms with E-state index in [1.807, 2.05) is 18.2 Å². The molecule has 0 radical (unpaired) electrons. The van der Waals surface area contributed by atoms with Gasteiger partial charge >= 0.3 is 0 Å². The molecule has 2 heterocycles. The molecular formula is C20H23N5OS. The van der Waals surface area contributed by atoms with Crippen molar-refractivity contribution in [3.8, 4) is 12.3 Å².